The lowest BCUT2D eigenvalue weighted by molar-refractivity contribution is 0.659. The minimum Gasteiger partial charge on any atom is -0.356 e. The van der Waals surface area contributed by atoms with Gasteiger partial charge < -0.3 is 10.6 Å². The average molecular weight is 421 g/mol. The van der Waals surface area contributed by atoms with E-state index in [1.807, 2.05) is 18.8 Å². The van der Waals surface area contributed by atoms with Gasteiger partial charge in [-0.25, -0.2) is 0 Å². The number of rotatable bonds is 7. The van der Waals surface area contributed by atoms with E-state index in [0.717, 1.165) is 31.9 Å². The maximum Gasteiger partial charge on any atom is 0.191 e. The Labute approximate surface area is 150 Å². The standard InChI is InChI=1S/C16H27N3S.HI/c1-16(2,20-4)13-19-15(17-3)18-12-8-11-14-9-6-5-7-10-14;/h5-7,9-10H,8,11-13H2,1-4H3,(H2,17,18,19);1H. The van der Waals surface area contributed by atoms with Gasteiger partial charge in [0, 0.05) is 24.9 Å². The van der Waals surface area contributed by atoms with Crippen molar-refractivity contribution in [2.24, 2.45) is 4.99 Å². The summed E-state index contributed by atoms with van der Waals surface area (Å²) in [6.45, 7) is 6.31. The van der Waals surface area contributed by atoms with Crippen molar-refractivity contribution in [1.82, 2.24) is 10.6 Å². The number of guanidine groups is 1. The van der Waals surface area contributed by atoms with Crippen molar-refractivity contribution in [3.8, 4) is 0 Å². The Balaban J connectivity index is 0.00000400. The van der Waals surface area contributed by atoms with Gasteiger partial charge in [-0.2, -0.15) is 11.8 Å². The summed E-state index contributed by atoms with van der Waals surface area (Å²) in [5, 5.41) is 6.74. The molecule has 120 valence electrons. The molecule has 0 saturated heterocycles. The van der Waals surface area contributed by atoms with Crippen LogP contribution >= 0.6 is 35.7 Å². The zero-order valence-electron chi connectivity index (χ0n) is 13.5. The van der Waals surface area contributed by atoms with Gasteiger partial charge in [0.1, 0.15) is 0 Å². The maximum atomic E-state index is 4.26. The van der Waals surface area contributed by atoms with Crippen LogP contribution in [0.4, 0.5) is 0 Å². The highest BCUT2D eigenvalue weighted by Crippen LogP contribution is 2.19. The summed E-state index contributed by atoms with van der Waals surface area (Å²) in [4.78, 5) is 4.26. The van der Waals surface area contributed by atoms with E-state index in [1.54, 1.807) is 0 Å². The lowest BCUT2D eigenvalue weighted by Gasteiger charge is -2.23. The van der Waals surface area contributed by atoms with Crippen molar-refractivity contribution >= 4 is 41.7 Å². The minimum absolute atomic E-state index is 0. The van der Waals surface area contributed by atoms with Gasteiger partial charge in [-0.15, -0.1) is 24.0 Å². The van der Waals surface area contributed by atoms with Crippen LogP contribution in [0.25, 0.3) is 0 Å². The molecule has 0 aliphatic rings. The highest BCUT2D eigenvalue weighted by molar-refractivity contribution is 14.0. The molecule has 1 aromatic rings. The van der Waals surface area contributed by atoms with Crippen molar-refractivity contribution < 1.29 is 0 Å². The first-order valence-electron chi connectivity index (χ1n) is 7.11. The highest BCUT2D eigenvalue weighted by Gasteiger charge is 2.15. The van der Waals surface area contributed by atoms with Gasteiger partial charge in [0.25, 0.3) is 0 Å². The summed E-state index contributed by atoms with van der Waals surface area (Å²) in [6.07, 6.45) is 4.34. The molecule has 0 heterocycles. The van der Waals surface area contributed by atoms with E-state index in [4.69, 9.17) is 0 Å². The minimum atomic E-state index is 0. The molecule has 0 aliphatic carbocycles. The van der Waals surface area contributed by atoms with Crippen molar-refractivity contribution in [2.45, 2.75) is 31.4 Å². The molecular weight excluding hydrogens is 393 g/mol. The molecule has 0 spiro atoms. The second-order valence-electron chi connectivity index (χ2n) is 5.41. The van der Waals surface area contributed by atoms with Crippen LogP contribution in [-0.4, -0.2) is 37.1 Å². The van der Waals surface area contributed by atoms with Crippen LogP contribution in [0.2, 0.25) is 0 Å². The first kappa shape index (κ1) is 20.6. The predicted molar refractivity (Wildman–Crippen MR) is 107 cm³/mol. The van der Waals surface area contributed by atoms with E-state index in [2.05, 4.69) is 66.1 Å². The zero-order valence-corrected chi connectivity index (χ0v) is 16.6. The number of aliphatic imine (C=N–C) groups is 1. The third kappa shape index (κ3) is 9.24. The van der Waals surface area contributed by atoms with E-state index in [1.165, 1.54) is 5.56 Å². The first-order chi connectivity index (χ1) is 9.57. The SMILES string of the molecule is CN=C(NCCCc1ccccc1)NCC(C)(C)SC.I. The zero-order chi connectivity index (χ0) is 14.8. The van der Waals surface area contributed by atoms with Crippen LogP contribution < -0.4 is 10.6 Å². The number of nitrogens with one attached hydrogen (secondary N) is 2. The molecule has 0 aliphatic heterocycles. The number of aryl methyl sites for hydroxylation is 1. The van der Waals surface area contributed by atoms with Crippen LogP contribution in [0.3, 0.4) is 0 Å². The Morgan fingerprint density at radius 2 is 1.86 bits per heavy atom. The van der Waals surface area contributed by atoms with Gasteiger partial charge in [0.05, 0.1) is 0 Å². The largest absolute Gasteiger partial charge is 0.356 e. The van der Waals surface area contributed by atoms with E-state index >= 15 is 0 Å². The van der Waals surface area contributed by atoms with Gasteiger partial charge in [0.2, 0.25) is 0 Å². The fourth-order valence-corrected chi connectivity index (χ4v) is 1.95. The van der Waals surface area contributed by atoms with Crippen LogP contribution in [0.15, 0.2) is 35.3 Å². The molecular formula is C16H28IN3S. The predicted octanol–water partition coefficient (Wildman–Crippen LogP) is 3.54. The molecule has 21 heavy (non-hydrogen) atoms. The molecule has 0 unspecified atom stereocenters. The molecule has 0 fully saturated rings. The molecule has 1 aromatic carbocycles. The van der Waals surface area contributed by atoms with Crippen molar-refractivity contribution in [2.75, 3.05) is 26.4 Å². The summed E-state index contributed by atoms with van der Waals surface area (Å²) >= 11 is 1.86. The van der Waals surface area contributed by atoms with Crippen LogP contribution in [0, 0.1) is 0 Å². The lowest BCUT2D eigenvalue weighted by atomic mass is 10.1. The fraction of sp³-hybridized carbons (Fsp3) is 0.562. The Morgan fingerprint density at radius 1 is 1.19 bits per heavy atom. The molecule has 0 aromatic heterocycles. The van der Waals surface area contributed by atoms with Crippen LogP contribution in [-0.2, 0) is 6.42 Å². The van der Waals surface area contributed by atoms with E-state index < -0.39 is 0 Å². The number of hydrogen-bond donors (Lipinski definition) is 2. The van der Waals surface area contributed by atoms with Gasteiger partial charge in [-0.3, -0.25) is 4.99 Å². The number of benzene rings is 1. The Hall–Kier alpha value is -0.430. The van der Waals surface area contributed by atoms with E-state index in [-0.39, 0.29) is 28.7 Å². The first-order valence-corrected chi connectivity index (χ1v) is 8.33. The Morgan fingerprint density at radius 3 is 2.43 bits per heavy atom. The molecule has 3 nitrogen and oxygen atoms in total. The molecule has 5 heteroatoms. The summed E-state index contributed by atoms with van der Waals surface area (Å²) in [5.74, 6) is 0.889. The lowest BCUT2D eigenvalue weighted by Crippen LogP contribution is -2.43. The molecule has 0 radical (unpaired) electrons. The fourth-order valence-electron chi connectivity index (χ4n) is 1.73. The van der Waals surface area contributed by atoms with E-state index in [0.29, 0.717) is 0 Å². The van der Waals surface area contributed by atoms with Gasteiger partial charge in [-0.1, -0.05) is 30.3 Å². The Kier molecular flexibility index (Phi) is 11.0. The van der Waals surface area contributed by atoms with Crippen LogP contribution in [0.1, 0.15) is 25.8 Å². The van der Waals surface area contributed by atoms with Crippen molar-refractivity contribution in [1.29, 1.82) is 0 Å². The van der Waals surface area contributed by atoms with E-state index in [9.17, 15) is 0 Å². The second kappa shape index (κ2) is 11.2. The van der Waals surface area contributed by atoms with Gasteiger partial charge in [0.15, 0.2) is 5.96 Å². The summed E-state index contributed by atoms with van der Waals surface area (Å²) in [7, 11) is 1.82. The summed E-state index contributed by atoms with van der Waals surface area (Å²) in [5.41, 5.74) is 1.39. The highest BCUT2D eigenvalue weighted by atomic mass is 127. The number of nitrogens with zero attached hydrogens (tertiary/aromatic N) is 1. The summed E-state index contributed by atoms with van der Waals surface area (Å²) < 4.78 is 0.224. The molecule has 0 atom stereocenters. The topological polar surface area (TPSA) is 36.4 Å². The number of thioether (sulfide) groups is 1. The van der Waals surface area contributed by atoms with Gasteiger partial charge in [-0.05, 0) is 38.5 Å². The van der Waals surface area contributed by atoms with Crippen LogP contribution in [0.5, 0.6) is 0 Å². The summed E-state index contributed by atoms with van der Waals surface area (Å²) in [6, 6.07) is 10.6. The molecule has 2 N–H and O–H groups in total. The van der Waals surface area contributed by atoms with Crippen molar-refractivity contribution in [3.05, 3.63) is 35.9 Å². The molecule has 0 amide bonds. The second-order valence-corrected chi connectivity index (χ2v) is 6.92. The Bertz CT molecular complexity index is 407. The molecule has 1 rings (SSSR count). The average Bonchev–Trinajstić information content (AvgIpc) is 2.47. The monoisotopic (exact) mass is 421 g/mol. The molecule has 0 bridgehead atoms. The normalized spacial score (nSPS) is 11.7. The van der Waals surface area contributed by atoms with Gasteiger partial charge >= 0.3 is 0 Å². The third-order valence-corrected chi connectivity index (χ3v) is 4.48. The maximum absolute atomic E-state index is 4.26. The number of halogens is 1. The van der Waals surface area contributed by atoms with Crippen molar-refractivity contribution in [3.63, 3.8) is 0 Å². The quantitative estimate of drug-likeness (QED) is 0.306. The number of hydrogen-bond acceptors (Lipinski definition) is 2. The smallest absolute Gasteiger partial charge is 0.191 e. The third-order valence-electron chi connectivity index (χ3n) is 3.24. The molecule has 0 saturated carbocycles.